The summed E-state index contributed by atoms with van der Waals surface area (Å²) in [4.78, 5) is 12.7. The largest absolute Gasteiger partial charge is 0.340 e. The Morgan fingerprint density at radius 2 is 2.20 bits per heavy atom. The summed E-state index contributed by atoms with van der Waals surface area (Å²) in [7, 11) is 1.67. The zero-order valence-electron chi connectivity index (χ0n) is 8.40. The van der Waals surface area contributed by atoms with E-state index in [1.165, 1.54) is 4.90 Å². The molecule has 0 aliphatic rings. The summed E-state index contributed by atoms with van der Waals surface area (Å²) in [6.45, 7) is 0.412. The summed E-state index contributed by atoms with van der Waals surface area (Å²) >= 11 is 5.43. The lowest BCUT2D eigenvalue weighted by atomic mass is 10.1. The highest BCUT2D eigenvalue weighted by molar-refractivity contribution is 6.27. The van der Waals surface area contributed by atoms with Gasteiger partial charge in [-0.3, -0.25) is 4.79 Å². The topological polar surface area (TPSA) is 44.1 Å². The monoisotopic (exact) mass is 222 g/mol. The van der Waals surface area contributed by atoms with E-state index in [1.807, 2.05) is 12.1 Å². The maximum Gasteiger partial charge on any atom is 0.237 e. The van der Waals surface area contributed by atoms with Gasteiger partial charge in [0.2, 0.25) is 5.91 Å². The minimum absolute atomic E-state index is 0.0365. The number of amides is 1. The molecule has 1 aromatic rings. The van der Waals surface area contributed by atoms with Gasteiger partial charge in [0.25, 0.3) is 0 Å². The molecule has 0 unspecified atom stereocenters. The van der Waals surface area contributed by atoms with E-state index in [4.69, 9.17) is 16.9 Å². The minimum Gasteiger partial charge on any atom is -0.340 e. The first-order valence-corrected chi connectivity index (χ1v) is 5.00. The lowest BCUT2D eigenvalue weighted by Gasteiger charge is -2.16. The van der Waals surface area contributed by atoms with Crippen molar-refractivity contribution < 1.29 is 4.79 Å². The summed E-state index contributed by atoms with van der Waals surface area (Å²) in [5, 5.41) is 8.85. The molecular formula is C11H11ClN2O. The maximum absolute atomic E-state index is 11.2. The van der Waals surface area contributed by atoms with Crippen LogP contribution in [-0.2, 0) is 11.3 Å². The molecule has 0 saturated heterocycles. The molecule has 0 saturated carbocycles. The second-order valence-corrected chi connectivity index (χ2v) is 3.42. The maximum atomic E-state index is 11.2. The zero-order chi connectivity index (χ0) is 11.3. The van der Waals surface area contributed by atoms with Gasteiger partial charge in [-0.25, -0.2) is 0 Å². The molecule has 4 heteroatoms. The molecule has 3 nitrogen and oxygen atoms in total. The minimum atomic E-state index is -0.149. The molecule has 0 heterocycles. The van der Waals surface area contributed by atoms with Gasteiger partial charge in [-0.05, 0) is 11.6 Å². The van der Waals surface area contributed by atoms with Gasteiger partial charge in [0.15, 0.2) is 0 Å². The lowest BCUT2D eigenvalue weighted by molar-refractivity contribution is -0.127. The van der Waals surface area contributed by atoms with E-state index in [0.717, 1.165) is 5.56 Å². The number of carbonyl (C=O) groups excluding carboxylic acids is 1. The molecule has 0 aliphatic carbocycles. The standard InChI is InChI=1S/C11H11ClN2O/c1-14(11(15)6-12)8-10-5-3-2-4-9(10)7-13/h2-5H,6,8H2,1H3. The third-order valence-electron chi connectivity index (χ3n) is 2.09. The number of nitriles is 1. The van der Waals surface area contributed by atoms with E-state index in [1.54, 1.807) is 19.2 Å². The third kappa shape index (κ3) is 2.97. The third-order valence-corrected chi connectivity index (χ3v) is 2.31. The molecule has 1 rings (SSSR count). The first-order valence-electron chi connectivity index (χ1n) is 4.47. The molecule has 0 aliphatic heterocycles. The van der Waals surface area contributed by atoms with Crippen molar-refractivity contribution in [3.8, 4) is 6.07 Å². The summed E-state index contributed by atoms with van der Waals surface area (Å²) in [5.74, 6) is -0.185. The predicted molar refractivity (Wildman–Crippen MR) is 58.4 cm³/mol. The van der Waals surface area contributed by atoms with Crippen molar-refractivity contribution in [2.75, 3.05) is 12.9 Å². The number of benzene rings is 1. The Balaban J connectivity index is 2.81. The van der Waals surface area contributed by atoms with E-state index in [0.29, 0.717) is 12.1 Å². The molecule has 0 fully saturated rings. The van der Waals surface area contributed by atoms with Gasteiger partial charge in [-0.1, -0.05) is 18.2 Å². The van der Waals surface area contributed by atoms with Crippen LogP contribution in [0.2, 0.25) is 0 Å². The number of carbonyl (C=O) groups is 1. The molecule has 15 heavy (non-hydrogen) atoms. The summed E-state index contributed by atoms with van der Waals surface area (Å²) in [6.07, 6.45) is 0. The average molecular weight is 223 g/mol. The van der Waals surface area contributed by atoms with Crippen LogP contribution in [0.3, 0.4) is 0 Å². The molecule has 0 bridgehead atoms. The van der Waals surface area contributed by atoms with Crippen molar-refractivity contribution in [2.24, 2.45) is 0 Å². The smallest absolute Gasteiger partial charge is 0.237 e. The van der Waals surface area contributed by atoms with Gasteiger partial charge in [0.1, 0.15) is 5.88 Å². The van der Waals surface area contributed by atoms with E-state index in [-0.39, 0.29) is 11.8 Å². The van der Waals surface area contributed by atoms with Gasteiger partial charge < -0.3 is 4.90 Å². The summed E-state index contributed by atoms with van der Waals surface area (Å²) in [6, 6.07) is 9.29. The SMILES string of the molecule is CN(Cc1ccccc1C#N)C(=O)CCl. The van der Waals surface area contributed by atoms with Crippen LogP contribution in [0.15, 0.2) is 24.3 Å². The average Bonchev–Trinajstić information content (AvgIpc) is 2.28. The van der Waals surface area contributed by atoms with E-state index in [9.17, 15) is 4.79 Å². The van der Waals surface area contributed by atoms with Crippen LogP contribution in [0.4, 0.5) is 0 Å². The molecule has 1 aromatic carbocycles. The molecule has 0 N–H and O–H groups in total. The number of rotatable bonds is 3. The number of nitrogens with zero attached hydrogens (tertiary/aromatic N) is 2. The Morgan fingerprint density at radius 3 is 2.80 bits per heavy atom. The van der Waals surface area contributed by atoms with Crippen molar-refractivity contribution in [3.63, 3.8) is 0 Å². The zero-order valence-corrected chi connectivity index (χ0v) is 9.16. The Morgan fingerprint density at radius 1 is 1.53 bits per heavy atom. The molecule has 0 atom stereocenters. The second-order valence-electron chi connectivity index (χ2n) is 3.15. The fourth-order valence-electron chi connectivity index (χ4n) is 1.21. The predicted octanol–water partition coefficient (Wildman–Crippen LogP) is 1.76. The Hall–Kier alpha value is -1.53. The van der Waals surface area contributed by atoms with E-state index >= 15 is 0 Å². The van der Waals surface area contributed by atoms with Gasteiger partial charge in [0, 0.05) is 13.6 Å². The molecule has 0 spiro atoms. The quantitative estimate of drug-likeness (QED) is 0.732. The van der Waals surface area contributed by atoms with Crippen LogP contribution in [0.25, 0.3) is 0 Å². The highest BCUT2D eigenvalue weighted by atomic mass is 35.5. The normalized spacial score (nSPS) is 9.40. The first-order chi connectivity index (χ1) is 7.19. The van der Waals surface area contributed by atoms with Crippen LogP contribution in [0, 0.1) is 11.3 Å². The summed E-state index contributed by atoms with van der Waals surface area (Å²) < 4.78 is 0. The van der Waals surface area contributed by atoms with Gasteiger partial charge in [-0.2, -0.15) is 5.26 Å². The van der Waals surface area contributed by atoms with Crippen molar-refractivity contribution in [3.05, 3.63) is 35.4 Å². The van der Waals surface area contributed by atoms with Crippen molar-refractivity contribution in [2.45, 2.75) is 6.54 Å². The molecule has 0 radical (unpaired) electrons. The van der Waals surface area contributed by atoms with Crippen LogP contribution >= 0.6 is 11.6 Å². The number of alkyl halides is 1. The highest BCUT2D eigenvalue weighted by Crippen LogP contribution is 2.09. The molecule has 78 valence electrons. The van der Waals surface area contributed by atoms with Crippen molar-refractivity contribution in [1.29, 1.82) is 5.26 Å². The number of halogens is 1. The van der Waals surface area contributed by atoms with Gasteiger partial charge in [-0.15, -0.1) is 11.6 Å². The fraction of sp³-hybridized carbons (Fsp3) is 0.273. The van der Waals surface area contributed by atoms with Crippen LogP contribution < -0.4 is 0 Å². The number of hydrogen-bond donors (Lipinski definition) is 0. The highest BCUT2D eigenvalue weighted by Gasteiger charge is 2.09. The molecular weight excluding hydrogens is 212 g/mol. The van der Waals surface area contributed by atoms with Crippen molar-refractivity contribution >= 4 is 17.5 Å². The molecule has 1 amide bonds. The number of hydrogen-bond acceptors (Lipinski definition) is 2. The lowest BCUT2D eigenvalue weighted by Crippen LogP contribution is -2.27. The fourth-order valence-corrected chi connectivity index (χ4v) is 1.42. The van der Waals surface area contributed by atoms with Crippen LogP contribution in [-0.4, -0.2) is 23.7 Å². The second kappa shape index (κ2) is 5.38. The first kappa shape index (κ1) is 11.5. The van der Waals surface area contributed by atoms with Crippen molar-refractivity contribution in [1.82, 2.24) is 4.90 Å². The van der Waals surface area contributed by atoms with E-state index < -0.39 is 0 Å². The summed E-state index contributed by atoms with van der Waals surface area (Å²) in [5.41, 5.74) is 1.42. The van der Waals surface area contributed by atoms with Gasteiger partial charge in [0.05, 0.1) is 11.6 Å². The molecule has 0 aromatic heterocycles. The Bertz CT molecular complexity index is 398. The van der Waals surface area contributed by atoms with E-state index in [2.05, 4.69) is 6.07 Å². The van der Waals surface area contributed by atoms with Crippen LogP contribution in [0.5, 0.6) is 0 Å². The Labute approximate surface area is 93.9 Å². The Kier molecular flexibility index (Phi) is 4.14. The van der Waals surface area contributed by atoms with Gasteiger partial charge >= 0.3 is 0 Å². The van der Waals surface area contributed by atoms with Crippen LogP contribution in [0.1, 0.15) is 11.1 Å².